The number of methoxy groups -OCH3 is 1. The van der Waals surface area contributed by atoms with Gasteiger partial charge in [0.15, 0.2) is 0 Å². The van der Waals surface area contributed by atoms with Gasteiger partial charge in [-0.25, -0.2) is 4.79 Å². The summed E-state index contributed by atoms with van der Waals surface area (Å²) in [7, 11) is 1.26. The molecular formula is C15H17N5O4. The third-order valence-electron chi connectivity index (χ3n) is 3.90. The van der Waals surface area contributed by atoms with Crippen LogP contribution in [0, 0.1) is 6.92 Å². The van der Waals surface area contributed by atoms with Crippen molar-refractivity contribution in [1.29, 1.82) is 0 Å². The number of rotatable bonds is 5. The minimum absolute atomic E-state index is 0.0856. The molecule has 126 valence electrons. The molecular weight excluding hydrogens is 314 g/mol. The summed E-state index contributed by atoms with van der Waals surface area (Å²) >= 11 is 0. The second-order valence-electron chi connectivity index (χ2n) is 5.37. The highest BCUT2D eigenvalue weighted by atomic mass is 16.5. The fraction of sp³-hybridized carbons (Fsp3) is 0.333. The van der Waals surface area contributed by atoms with Crippen LogP contribution in [0.2, 0.25) is 0 Å². The Balaban J connectivity index is 2.04. The summed E-state index contributed by atoms with van der Waals surface area (Å²) in [5.74, 6) is -0.958. The van der Waals surface area contributed by atoms with Crippen LogP contribution in [-0.4, -0.2) is 64.1 Å². The lowest BCUT2D eigenvalue weighted by Crippen LogP contribution is -2.31. The highest BCUT2D eigenvalue weighted by Gasteiger charge is 2.35. The Labute approximate surface area is 137 Å². The average molecular weight is 331 g/mol. The number of aliphatic hydroxyl groups excluding tert-OH is 1. The summed E-state index contributed by atoms with van der Waals surface area (Å²) in [5, 5.41) is 22.8. The summed E-state index contributed by atoms with van der Waals surface area (Å²) in [6.45, 7) is 1.89. The number of β-amino-alcohol motifs (C(OH)–C–C–N with tert-alkyl or cyclic N) is 1. The van der Waals surface area contributed by atoms with Crippen LogP contribution in [-0.2, 0) is 14.3 Å². The maximum absolute atomic E-state index is 12.6. The molecule has 9 nitrogen and oxygen atoms in total. The number of carbonyl (C=O) groups excluding carboxylic acids is 2. The number of fused-ring (bicyclic) bond motifs is 1. The topological polar surface area (TPSA) is 120 Å². The number of nitrogens with one attached hydrogen (secondary N) is 2. The molecule has 24 heavy (non-hydrogen) atoms. The number of hydrogen-bond acceptors (Lipinski definition) is 7. The van der Waals surface area contributed by atoms with Crippen LogP contribution >= 0.6 is 0 Å². The molecule has 0 spiro atoms. The molecule has 3 rings (SSSR count). The zero-order valence-corrected chi connectivity index (χ0v) is 13.3. The number of aryl methyl sites for hydroxylation is 1. The molecule has 2 aromatic rings. The van der Waals surface area contributed by atoms with Crippen molar-refractivity contribution in [3.05, 3.63) is 29.0 Å². The van der Waals surface area contributed by atoms with E-state index < -0.39 is 5.97 Å². The van der Waals surface area contributed by atoms with Crippen LogP contribution < -0.4 is 5.32 Å². The van der Waals surface area contributed by atoms with E-state index in [0.29, 0.717) is 16.7 Å². The Morgan fingerprint density at radius 2 is 2.25 bits per heavy atom. The van der Waals surface area contributed by atoms with E-state index in [1.807, 2.05) is 19.1 Å². The van der Waals surface area contributed by atoms with E-state index >= 15 is 0 Å². The van der Waals surface area contributed by atoms with Crippen LogP contribution in [0.15, 0.2) is 23.4 Å². The van der Waals surface area contributed by atoms with E-state index in [2.05, 4.69) is 20.7 Å². The minimum Gasteiger partial charge on any atom is -0.466 e. The predicted octanol–water partition coefficient (Wildman–Crippen LogP) is -0.0602. The van der Waals surface area contributed by atoms with E-state index in [1.54, 1.807) is 0 Å². The van der Waals surface area contributed by atoms with Gasteiger partial charge in [0.2, 0.25) is 0 Å². The molecule has 1 aliphatic heterocycles. The van der Waals surface area contributed by atoms with Crippen LogP contribution in [0.1, 0.15) is 5.56 Å². The van der Waals surface area contributed by atoms with Gasteiger partial charge in [-0.1, -0.05) is 6.07 Å². The van der Waals surface area contributed by atoms with Gasteiger partial charge < -0.3 is 20.1 Å². The first-order valence-corrected chi connectivity index (χ1v) is 7.35. The number of anilines is 1. The molecule has 3 N–H and O–H groups in total. The van der Waals surface area contributed by atoms with E-state index in [1.165, 1.54) is 12.0 Å². The van der Waals surface area contributed by atoms with Crippen molar-refractivity contribution in [1.82, 2.24) is 20.3 Å². The van der Waals surface area contributed by atoms with Crippen molar-refractivity contribution in [3.8, 4) is 0 Å². The maximum Gasteiger partial charge on any atom is 0.337 e. The molecule has 0 atom stereocenters. The molecule has 0 saturated carbocycles. The second kappa shape index (κ2) is 6.28. The van der Waals surface area contributed by atoms with Gasteiger partial charge >= 0.3 is 5.97 Å². The number of amides is 1. The minimum atomic E-state index is -0.587. The fourth-order valence-electron chi connectivity index (χ4n) is 2.65. The van der Waals surface area contributed by atoms with Gasteiger partial charge in [-0.2, -0.15) is 15.4 Å². The number of nitrogens with zero attached hydrogens (tertiary/aromatic N) is 3. The smallest absolute Gasteiger partial charge is 0.337 e. The number of esters is 1. The lowest BCUT2D eigenvalue weighted by atomic mass is 10.1. The number of H-pyrrole nitrogens is 1. The van der Waals surface area contributed by atoms with E-state index in [4.69, 9.17) is 9.84 Å². The number of hydrogen-bond donors (Lipinski definition) is 3. The van der Waals surface area contributed by atoms with E-state index in [9.17, 15) is 9.59 Å². The van der Waals surface area contributed by atoms with Crippen molar-refractivity contribution >= 4 is 28.6 Å². The normalized spacial score (nSPS) is 14.6. The van der Waals surface area contributed by atoms with Gasteiger partial charge in [0.05, 0.1) is 31.5 Å². The SMILES string of the molecule is COC(=O)C1=C(Nc2c(C)ccc3n[nH]nc23)C(=O)N(CCO)C1. The van der Waals surface area contributed by atoms with Crippen molar-refractivity contribution in [2.75, 3.05) is 32.1 Å². The van der Waals surface area contributed by atoms with Crippen LogP contribution in [0.5, 0.6) is 0 Å². The molecule has 2 heterocycles. The number of aromatic nitrogens is 3. The summed E-state index contributed by atoms with van der Waals surface area (Å²) in [6.07, 6.45) is 0. The first-order chi connectivity index (χ1) is 11.6. The molecule has 1 aromatic heterocycles. The van der Waals surface area contributed by atoms with Gasteiger partial charge in [-0.3, -0.25) is 4.79 Å². The standard InChI is InChI=1S/C15H17N5O4/c1-8-3-4-10-13(18-19-17-10)11(8)16-12-9(15(23)24-2)7-20(5-6-21)14(12)22/h3-4,16,21H,5-7H2,1-2H3,(H,17,18,19). The molecule has 0 saturated heterocycles. The Bertz CT molecular complexity index is 842. The number of aromatic amines is 1. The quantitative estimate of drug-likeness (QED) is 0.656. The van der Waals surface area contributed by atoms with Crippen LogP contribution in [0.4, 0.5) is 5.69 Å². The van der Waals surface area contributed by atoms with Crippen molar-refractivity contribution in [2.24, 2.45) is 0 Å². The zero-order chi connectivity index (χ0) is 17.3. The molecule has 0 fully saturated rings. The molecule has 9 heteroatoms. The van der Waals surface area contributed by atoms with Gasteiger partial charge in [0, 0.05) is 6.54 Å². The van der Waals surface area contributed by atoms with Gasteiger partial charge in [0.1, 0.15) is 16.7 Å². The fourth-order valence-corrected chi connectivity index (χ4v) is 2.65. The Hall–Kier alpha value is -2.94. The molecule has 0 unspecified atom stereocenters. The first kappa shape index (κ1) is 15.9. The Morgan fingerprint density at radius 1 is 1.46 bits per heavy atom. The lowest BCUT2D eigenvalue weighted by Gasteiger charge is -2.15. The largest absolute Gasteiger partial charge is 0.466 e. The molecule has 1 amide bonds. The first-order valence-electron chi connectivity index (χ1n) is 7.35. The molecule has 0 radical (unpaired) electrons. The molecule has 1 aromatic carbocycles. The summed E-state index contributed by atoms with van der Waals surface area (Å²) in [6, 6.07) is 3.65. The number of carbonyl (C=O) groups is 2. The van der Waals surface area contributed by atoms with Gasteiger partial charge in [0.25, 0.3) is 5.91 Å². The number of benzene rings is 1. The number of aliphatic hydroxyl groups is 1. The van der Waals surface area contributed by atoms with Crippen LogP contribution in [0.25, 0.3) is 11.0 Å². The third-order valence-corrected chi connectivity index (χ3v) is 3.90. The van der Waals surface area contributed by atoms with Gasteiger partial charge in [-0.05, 0) is 18.6 Å². The van der Waals surface area contributed by atoms with Crippen molar-refractivity contribution < 1.29 is 19.4 Å². The highest BCUT2D eigenvalue weighted by molar-refractivity contribution is 6.09. The van der Waals surface area contributed by atoms with Crippen LogP contribution in [0.3, 0.4) is 0 Å². The predicted molar refractivity (Wildman–Crippen MR) is 85.0 cm³/mol. The summed E-state index contributed by atoms with van der Waals surface area (Å²) < 4.78 is 4.77. The average Bonchev–Trinajstić information content (AvgIpc) is 3.16. The molecule has 0 bridgehead atoms. The van der Waals surface area contributed by atoms with Crippen molar-refractivity contribution in [3.63, 3.8) is 0 Å². The monoisotopic (exact) mass is 331 g/mol. The lowest BCUT2D eigenvalue weighted by molar-refractivity contribution is -0.136. The maximum atomic E-state index is 12.6. The summed E-state index contributed by atoms with van der Waals surface area (Å²) in [4.78, 5) is 26.0. The highest BCUT2D eigenvalue weighted by Crippen LogP contribution is 2.28. The van der Waals surface area contributed by atoms with E-state index in [-0.39, 0.29) is 36.9 Å². The van der Waals surface area contributed by atoms with Crippen molar-refractivity contribution in [2.45, 2.75) is 6.92 Å². The Kier molecular flexibility index (Phi) is 4.17. The molecule has 1 aliphatic rings. The zero-order valence-electron chi connectivity index (χ0n) is 13.3. The van der Waals surface area contributed by atoms with Gasteiger partial charge in [-0.15, -0.1) is 0 Å². The third kappa shape index (κ3) is 2.58. The van der Waals surface area contributed by atoms with E-state index in [0.717, 1.165) is 5.56 Å². The summed E-state index contributed by atoms with van der Waals surface area (Å²) in [5.41, 5.74) is 3.00. The number of ether oxygens (including phenoxy) is 1. The molecule has 0 aliphatic carbocycles. The Morgan fingerprint density at radius 3 is 2.96 bits per heavy atom. The second-order valence-corrected chi connectivity index (χ2v) is 5.37.